The molecule has 5 nitrogen and oxygen atoms in total. The van der Waals surface area contributed by atoms with E-state index in [0.717, 1.165) is 18.1 Å². The second kappa shape index (κ2) is 11.7. The van der Waals surface area contributed by atoms with E-state index in [1.54, 1.807) is 6.20 Å². The third-order valence-electron chi connectivity index (χ3n) is 3.42. The van der Waals surface area contributed by atoms with Gasteiger partial charge in [0, 0.05) is 24.8 Å². The van der Waals surface area contributed by atoms with Gasteiger partial charge >= 0.3 is 0 Å². The quantitative estimate of drug-likeness (QED) is 0.381. The van der Waals surface area contributed by atoms with Crippen LogP contribution >= 0.6 is 24.0 Å². The third-order valence-corrected chi connectivity index (χ3v) is 3.42. The fourth-order valence-electron chi connectivity index (χ4n) is 2.33. The number of ether oxygens (including phenoxy) is 1. The Kier molecular flexibility index (Phi) is 9.91. The lowest BCUT2D eigenvalue weighted by atomic mass is 10.1. The van der Waals surface area contributed by atoms with Gasteiger partial charge in [-0.25, -0.2) is 9.98 Å². The molecule has 0 saturated carbocycles. The number of nitrogens with zero attached hydrogens (tertiary/aromatic N) is 2. The van der Waals surface area contributed by atoms with Gasteiger partial charge in [-0.15, -0.1) is 24.0 Å². The summed E-state index contributed by atoms with van der Waals surface area (Å²) in [6.07, 6.45) is 1.74. The molecule has 0 fully saturated rings. The van der Waals surface area contributed by atoms with E-state index in [1.165, 1.54) is 11.1 Å². The molecular weight excluding hydrogens is 427 g/mol. The SMILES string of the molecule is CCNC(=NCc1cccc(C)c1)NCc1cccnc1OCC.I. The van der Waals surface area contributed by atoms with Gasteiger partial charge in [0.15, 0.2) is 5.96 Å². The number of guanidine groups is 1. The van der Waals surface area contributed by atoms with Crippen molar-refractivity contribution < 1.29 is 4.74 Å². The second-order valence-electron chi connectivity index (χ2n) is 5.44. The summed E-state index contributed by atoms with van der Waals surface area (Å²) in [6.45, 7) is 8.77. The molecular formula is C19H27IN4O. The summed E-state index contributed by atoms with van der Waals surface area (Å²) in [5.74, 6) is 1.45. The van der Waals surface area contributed by atoms with Crippen LogP contribution in [0.4, 0.5) is 0 Å². The smallest absolute Gasteiger partial charge is 0.218 e. The average molecular weight is 454 g/mol. The van der Waals surface area contributed by atoms with Crippen molar-refractivity contribution in [3.63, 3.8) is 0 Å². The van der Waals surface area contributed by atoms with Gasteiger partial charge in [-0.05, 0) is 32.4 Å². The zero-order chi connectivity index (χ0) is 17.2. The summed E-state index contributed by atoms with van der Waals surface area (Å²) >= 11 is 0. The lowest BCUT2D eigenvalue weighted by Crippen LogP contribution is -2.36. The van der Waals surface area contributed by atoms with Crippen LogP contribution in [0.5, 0.6) is 5.88 Å². The number of hydrogen-bond donors (Lipinski definition) is 2. The van der Waals surface area contributed by atoms with Crippen LogP contribution in [0.1, 0.15) is 30.5 Å². The Labute approximate surface area is 167 Å². The molecule has 0 aliphatic heterocycles. The summed E-state index contributed by atoms with van der Waals surface area (Å²) in [5.41, 5.74) is 3.46. The van der Waals surface area contributed by atoms with E-state index in [-0.39, 0.29) is 24.0 Å². The van der Waals surface area contributed by atoms with E-state index < -0.39 is 0 Å². The van der Waals surface area contributed by atoms with Crippen molar-refractivity contribution in [3.8, 4) is 5.88 Å². The maximum Gasteiger partial charge on any atom is 0.218 e. The Bertz CT molecular complexity index is 676. The fraction of sp³-hybridized carbons (Fsp3) is 0.368. The van der Waals surface area contributed by atoms with E-state index in [9.17, 15) is 0 Å². The molecule has 1 heterocycles. The highest BCUT2D eigenvalue weighted by atomic mass is 127. The third kappa shape index (κ3) is 7.29. The minimum atomic E-state index is 0. The number of aliphatic imine (C=N–C) groups is 1. The van der Waals surface area contributed by atoms with Gasteiger partial charge in [0.05, 0.1) is 13.2 Å². The molecule has 0 spiro atoms. The van der Waals surface area contributed by atoms with Gasteiger partial charge in [-0.2, -0.15) is 0 Å². The van der Waals surface area contributed by atoms with Crippen LogP contribution in [0.2, 0.25) is 0 Å². The number of benzene rings is 1. The minimum Gasteiger partial charge on any atom is -0.478 e. The standard InChI is InChI=1S/C19H26N4O.HI/c1-4-20-19(22-13-16-9-6-8-15(3)12-16)23-14-17-10-7-11-21-18(17)24-5-2;/h6-12H,4-5,13-14H2,1-3H3,(H2,20,22,23);1H. The molecule has 2 aromatic rings. The van der Waals surface area contributed by atoms with Crippen LogP contribution in [0, 0.1) is 6.92 Å². The highest BCUT2D eigenvalue weighted by molar-refractivity contribution is 14.0. The first-order valence-electron chi connectivity index (χ1n) is 8.37. The molecule has 1 aromatic heterocycles. The van der Waals surface area contributed by atoms with Crippen molar-refractivity contribution in [2.24, 2.45) is 4.99 Å². The highest BCUT2D eigenvalue weighted by Crippen LogP contribution is 2.13. The highest BCUT2D eigenvalue weighted by Gasteiger charge is 2.05. The summed E-state index contributed by atoms with van der Waals surface area (Å²) in [7, 11) is 0. The van der Waals surface area contributed by atoms with Gasteiger partial charge in [0.25, 0.3) is 0 Å². The molecule has 2 rings (SSSR count). The number of hydrogen-bond acceptors (Lipinski definition) is 3. The largest absolute Gasteiger partial charge is 0.478 e. The number of aryl methyl sites for hydroxylation is 1. The van der Waals surface area contributed by atoms with Crippen molar-refractivity contribution in [2.75, 3.05) is 13.2 Å². The van der Waals surface area contributed by atoms with Crippen molar-refractivity contribution in [1.82, 2.24) is 15.6 Å². The minimum absolute atomic E-state index is 0. The zero-order valence-electron chi connectivity index (χ0n) is 15.1. The van der Waals surface area contributed by atoms with Crippen LogP contribution in [0.3, 0.4) is 0 Å². The Morgan fingerprint density at radius 3 is 2.72 bits per heavy atom. The number of rotatable bonds is 7. The van der Waals surface area contributed by atoms with E-state index in [0.29, 0.717) is 25.6 Å². The Morgan fingerprint density at radius 1 is 1.16 bits per heavy atom. The van der Waals surface area contributed by atoms with Crippen LogP contribution in [-0.4, -0.2) is 24.1 Å². The fourth-order valence-corrected chi connectivity index (χ4v) is 2.33. The normalized spacial score (nSPS) is 10.8. The van der Waals surface area contributed by atoms with E-state index >= 15 is 0 Å². The van der Waals surface area contributed by atoms with Gasteiger partial charge in [-0.3, -0.25) is 0 Å². The lowest BCUT2D eigenvalue weighted by molar-refractivity contribution is 0.322. The number of aromatic nitrogens is 1. The predicted molar refractivity (Wildman–Crippen MR) is 114 cm³/mol. The molecule has 0 aliphatic carbocycles. The summed E-state index contributed by atoms with van der Waals surface area (Å²) in [6, 6.07) is 12.3. The van der Waals surface area contributed by atoms with E-state index in [1.807, 2.05) is 19.1 Å². The summed E-state index contributed by atoms with van der Waals surface area (Å²) in [5, 5.41) is 6.61. The van der Waals surface area contributed by atoms with Crippen molar-refractivity contribution in [1.29, 1.82) is 0 Å². The molecule has 2 N–H and O–H groups in total. The molecule has 0 saturated heterocycles. The zero-order valence-corrected chi connectivity index (χ0v) is 17.4. The predicted octanol–water partition coefficient (Wildman–Crippen LogP) is 3.66. The van der Waals surface area contributed by atoms with E-state index in [4.69, 9.17) is 4.74 Å². The van der Waals surface area contributed by atoms with Crippen LogP contribution in [0.25, 0.3) is 0 Å². The molecule has 0 radical (unpaired) electrons. The molecule has 6 heteroatoms. The molecule has 25 heavy (non-hydrogen) atoms. The van der Waals surface area contributed by atoms with Gasteiger partial charge in [0.1, 0.15) is 0 Å². The molecule has 1 aromatic carbocycles. The summed E-state index contributed by atoms with van der Waals surface area (Å²) in [4.78, 5) is 8.92. The van der Waals surface area contributed by atoms with Gasteiger partial charge in [-0.1, -0.05) is 35.9 Å². The van der Waals surface area contributed by atoms with Crippen molar-refractivity contribution in [3.05, 3.63) is 59.3 Å². The average Bonchev–Trinajstić information content (AvgIpc) is 2.59. The molecule has 0 atom stereocenters. The number of nitrogens with one attached hydrogen (secondary N) is 2. The van der Waals surface area contributed by atoms with Crippen molar-refractivity contribution >= 4 is 29.9 Å². The van der Waals surface area contributed by atoms with Crippen LogP contribution in [0.15, 0.2) is 47.6 Å². The summed E-state index contributed by atoms with van der Waals surface area (Å²) < 4.78 is 5.56. The van der Waals surface area contributed by atoms with Crippen molar-refractivity contribution in [2.45, 2.75) is 33.9 Å². The van der Waals surface area contributed by atoms with Gasteiger partial charge < -0.3 is 15.4 Å². The molecule has 136 valence electrons. The lowest BCUT2D eigenvalue weighted by Gasteiger charge is -2.13. The van der Waals surface area contributed by atoms with Gasteiger partial charge in [0.2, 0.25) is 5.88 Å². The van der Waals surface area contributed by atoms with Crippen LogP contribution < -0.4 is 15.4 Å². The number of pyridine rings is 1. The van der Waals surface area contributed by atoms with Crippen LogP contribution in [-0.2, 0) is 13.1 Å². The molecule has 0 unspecified atom stereocenters. The van der Waals surface area contributed by atoms with E-state index in [2.05, 4.69) is 58.7 Å². The Balaban J connectivity index is 0.00000312. The second-order valence-corrected chi connectivity index (χ2v) is 5.44. The Morgan fingerprint density at radius 2 is 2.00 bits per heavy atom. The number of halogens is 1. The monoisotopic (exact) mass is 454 g/mol. The topological polar surface area (TPSA) is 58.5 Å². The maximum absolute atomic E-state index is 5.56. The maximum atomic E-state index is 5.56. The molecule has 0 amide bonds. The first kappa shape index (κ1) is 21.2. The first-order valence-corrected chi connectivity index (χ1v) is 8.37. The molecule has 0 bridgehead atoms. The Hall–Kier alpha value is -1.83. The molecule has 0 aliphatic rings. The first-order chi connectivity index (χ1) is 11.7.